The molecule has 0 saturated carbocycles. The first-order valence-corrected chi connectivity index (χ1v) is 7.56. The first-order valence-electron chi connectivity index (χ1n) is 2.52. The monoisotopic (exact) mass is 170 g/mol. The van der Waals surface area contributed by atoms with Gasteiger partial charge < -0.3 is 9.46 Å². The zero-order chi connectivity index (χ0) is 7.71. The molecular weight excluding hydrogens is 158 g/mol. The summed E-state index contributed by atoms with van der Waals surface area (Å²) >= 11 is 0. The SMILES string of the molecule is CP(=O)([O-])O[P+](C)(C)C. The Morgan fingerprint density at radius 1 is 1.44 bits per heavy atom. The molecule has 0 aromatic rings. The highest BCUT2D eigenvalue weighted by Gasteiger charge is 2.22. The third-order valence-corrected chi connectivity index (χ3v) is 3.54. The minimum absolute atomic E-state index is 1.10. The van der Waals surface area contributed by atoms with Crippen molar-refractivity contribution in [2.24, 2.45) is 0 Å². The topological polar surface area (TPSA) is 49.4 Å². The molecule has 0 amide bonds. The standard InChI is InChI=1S/C4H12O3P2/c1-8(2,3)7-9(4,5)6/h1-4H3. The van der Waals surface area contributed by atoms with Gasteiger partial charge in [0.15, 0.2) is 7.60 Å². The van der Waals surface area contributed by atoms with Crippen LogP contribution in [0.25, 0.3) is 0 Å². The normalized spacial score (nSPS) is 19.2. The van der Waals surface area contributed by atoms with E-state index in [1.807, 2.05) is 0 Å². The zero-order valence-electron chi connectivity index (χ0n) is 6.12. The Hall–Kier alpha value is 0.580. The number of hydrogen-bond acceptors (Lipinski definition) is 3. The van der Waals surface area contributed by atoms with Crippen molar-refractivity contribution in [1.29, 1.82) is 0 Å². The van der Waals surface area contributed by atoms with Crippen LogP contribution in [0.3, 0.4) is 0 Å². The van der Waals surface area contributed by atoms with Gasteiger partial charge in [0.25, 0.3) is 0 Å². The van der Waals surface area contributed by atoms with Crippen LogP contribution in [0.15, 0.2) is 0 Å². The maximum atomic E-state index is 10.5. The lowest BCUT2D eigenvalue weighted by atomic mass is 11.9. The van der Waals surface area contributed by atoms with E-state index in [2.05, 4.69) is 0 Å². The molecule has 0 fully saturated rings. The minimum Gasteiger partial charge on any atom is -0.776 e. The summed E-state index contributed by atoms with van der Waals surface area (Å²) in [4.78, 5) is 10.5. The summed E-state index contributed by atoms with van der Waals surface area (Å²) in [6.45, 7) is 6.52. The third kappa shape index (κ3) is 8.58. The Labute approximate surface area is 56.4 Å². The van der Waals surface area contributed by atoms with E-state index in [-0.39, 0.29) is 0 Å². The Kier molecular flexibility index (Phi) is 2.85. The second kappa shape index (κ2) is 2.67. The predicted molar refractivity (Wildman–Crippen MR) is 39.3 cm³/mol. The van der Waals surface area contributed by atoms with E-state index < -0.39 is 15.1 Å². The van der Waals surface area contributed by atoms with Gasteiger partial charge in [-0.1, -0.05) is 0 Å². The van der Waals surface area contributed by atoms with Gasteiger partial charge in [0, 0.05) is 6.66 Å². The largest absolute Gasteiger partial charge is 0.776 e. The van der Waals surface area contributed by atoms with Crippen LogP contribution in [-0.4, -0.2) is 26.7 Å². The number of rotatable bonds is 2. The Morgan fingerprint density at radius 3 is 1.78 bits per heavy atom. The van der Waals surface area contributed by atoms with Gasteiger partial charge in [-0.15, -0.1) is 0 Å². The molecule has 0 spiro atoms. The predicted octanol–water partition coefficient (Wildman–Crippen LogP) is 1.01. The third-order valence-electron chi connectivity index (χ3n) is 0.393. The van der Waals surface area contributed by atoms with Crippen LogP contribution >= 0.6 is 15.1 Å². The molecule has 0 aromatic carbocycles. The molecule has 0 aliphatic rings. The molecule has 0 aliphatic carbocycles. The van der Waals surface area contributed by atoms with Crippen molar-refractivity contribution in [3.63, 3.8) is 0 Å². The zero-order valence-corrected chi connectivity index (χ0v) is 7.91. The Morgan fingerprint density at radius 2 is 1.78 bits per heavy atom. The summed E-state index contributed by atoms with van der Waals surface area (Å²) in [5, 5.41) is 0. The molecule has 0 bridgehead atoms. The van der Waals surface area contributed by atoms with Crippen LogP contribution < -0.4 is 4.89 Å². The second-order valence-electron chi connectivity index (χ2n) is 2.74. The smallest absolute Gasteiger partial charge is 0.178 e. The van der Waals surface area contributed by atoms with Crippen LogP contribution in [0.4, 0.5) is 0 Å². The highest BCUT2D eigenvalue weighted by Crippen LogP contribution is 2.59. The van der Waals surface area contributed by atoms with Crippen molar-refractivity contribution in [1.82, 2.24) is 0 Å². The van der Waals surface area contributed by atoms with Crippen LogP contribution in [0.5, 0.6) is 0 Å². The Balaban J connectivity index is 3.90. The first kappa shape index (κ1) is 9.58. The van der Waals surface area contributed by atoms with E-state index >= 15 is 0 Å². The molecule has 9 heavy (non-hydrogen) atoms. The maximum Gasteiger partial charge on any atom is 0.178 e. The molecule has 0 saturated heterocycles. The molecule has 0 aliphatic heterocycles. The summed E-state index contributed by atoms with van der Waals surface area (Å²) in [6, 6.07) is 0. The lowest BCUT2D eigenvalue weighted by Crippen LogP contribution is -2.02. The van der Waals surface area contributed by atoms with Gasteiger partial charge in [0.05, 0.1) is 20.0 Å². The second-order valence-corrected chi connectivity index (χ2v) is 8.72. The van der Waals surface area contributed by atoms with Crippen molar-refractivity contribution in [3.05, 3.63) is 0 Å². The fourth-order valence-corrected chi connectivity index (χ4v) is 4.00. The van der Waals surface area contributed by atoms with E-state index in [0.29, 0.717) is 0 Å². The maximum absolute atomic E-state index is 10.5. The van der Waals surface area contributed by atoms with E-state index in [1.165, 1.54) is 0 Å². The van der Waals surface area contributed by atoms with Crippen molar-refractivity contribution in [2.75, 3.05) is 26.7 Å². The molecule has 0 aromatic heterocycles. The summed E-state index contributed by atoms with van der Waals surface area (Å²) in [6.07, 6.45) is 0. The quantitative estimate of drug-likeness (QED) is 0.581. The van der Waals surface area contributed by atoms with Crippen molar-refractivity contribution in [3.8, 4) is 0 Å². The van der Waals surface area contributed by atoms with E-state index in [9.17, 15) is 9.46 Å². The van der Waals surface area contributed by atoms with Gasteiger partial charge in [-0.2, -0.15) is 4.31 Å². The van der Waals surface area contributed by atoms with E-state index in [4.69, 9.17) is 4.31 Å². The lowest BCUT2D eigenvalue weighted by Gasteiger charge is -2.20. The number of hydrogen-bond donors (Lipinski definition) is 0. The fraction of sp³-hybridized carbons (Fsp3) is 1.00. The average molecular weight is 170 g/mol. The van der Waals surface area contributed by atoms with Crippen LogP contribution in [-0.2, 0) is 8.88 Å². The molecule has 1 atom stereocenters. The van der Waals surface area contributed by atoms with Gasteiger partial charge in [-0.3, -0.25) is 0 Å². The van der Waals surface area contributed by atoms with Gasteiger partial charge in [0.1, 0.15) is 7.49 Å². The van der Waals surface area contributed by atoms with Crippen LogP contribution in [0.1, 0.15) is 0 Å². The molecule has 5 heteroatoms. The molecular formula is C4H12O3P2. The van der Waals surface area contributed by atoms with Crippen molar-refractivity contribution in [2.45, 2.75) is 0 Å². The molecule has 1 unspecified atom stereocenters. The fourth-order valence-electron chi connectivity index (χ4n) is 0.445. The molecule has 0 radical (unpaired) electrons. The average Bonchev–Trinajstić information content (AvgIpc) is 1.14. The van der Waals surface area contributed by atoms with Gasteiger partial charge in [-0.25, -0.2) is 0 Å². The highest BCUT2D eigenvalue weighted by atomic mass is 31.3. The van der Waals surface area contributed by atoms with Gasteiger partial charge in [0.2, 0.25) is 0 Å². The highest BCUT2D eigenvalue weighted by molar-refractivity contribution is 7.75. The van der Waals surface area contributed by atoms with Crippen LogP contribution in [0.2, 0.25) is 0 Å². The summed E-state index contributed by atoms with van der Waals surface area (Å²) < 4.78 is 15.2. The van der Waals surface area contributed by atoms with E-state index in [1.54, 1.807) is 20.0 Å². The van der Waals surface area contributed by atoms with Crippen molar-refractivity contribution >= 4 is 15.1 Å². The Bertz CT molecular complexity index is 131. The molecule has 0 N–H and O–H groups in total. The molecule has 0 rings (SSSR count). The van der Waals surface area contributed by atoms with Gasteiger partial charge in [-0.05, 0) is 0 Å². The summed E-state index contributed by atoms with van der Waals surface area (Å²) in [7, 11) is -5.10. The van der Waals surface area contributed by atoms with Crippen LogP contribution in [0, 0.1) is 0 Å². The summed E-state index contributed by atoms with van der Waals surface area (Å²) in [5.74, 6) is 0. The summed E-state index contributed by atoms with van der Waals surface area (Å²) in [5.41, 5.74) is 0. The van der Waals surface area contributed by atoms with E-state index in [0.717, 1.165) is 6.66 Å². The lowest BCUT2D eigenvalue weighted by molar-refractivity contribution is -0.188. The minimum atomic E-state index is -3.49. The molecule has 56 valence electrons. The first-order chi connectivity index (χ1) is 3.71. The van der Waals surface area contributed by atoms with Crippen molar-refractivity contribution < 1.29 is 13.8 Å². The molecule has 0 heterocycles. The molecule has 3 nitrogen and oxygen atoms in total. The van der Waals surface area contributed by atoms with Gasteiger partial charge >= 0.3 is 0 Å².